The highest BCUT2D eigenvalue weighted by atomic mass is 32.1. The Bertz CT molecular complexity index is 749. The molecule has 1 aromatic carbocycles. The van der Waals surface area contributed by atoms with Crippen molar-refractivity contribution in [2.45, 2.75) is 51.5 Å². The Labute approximate surface area is 158 Å². The van der Waals surface area contributed by atoms with E-state index in [1.807, 2.05) is 36.6 Å². The summed E-state index contributed by atoms with van der Waals surface area (Å²) in [5.74, 6) is -0.0315. The Balaban J connectivity index is 1.39. The van der Waals surface area contributed by atoms with Crippen LogP contribution in [0.15, 0.2) is 29.6 Å². The van der Waals surface area contributed by atoms with Gasteiger partial charge in [-0.3, -0.25) is 9.59 Å². The van der Waals surface area contributed by atoms with Crippen LogP contribution in [0.5, 0.6) is 0 Å². The second kappa shape index (κ2) is 8.94. The lowest BCUT2D eigenvalue weighted by atomic mass is 10.1. The van der Waals surface area contributed by atoms with Crippen LogP contribution in [0, 0.1) is 6.92 Å². The number of aromatic nitrogens is 1. The fraction of sp³-hybridized carbons (Fsp3) is 0.450. The molecule has 5 nitrogen and oxygen atoms in total. The molecule has 1 heterocycles. The van der Waals surface area contributed by atoms with Crippen LogP contribution in [-0.2, 0) is 16.0 Å². The minimum atomic E-state index is -0.0593. The van der Waals surface area contributed by atoms with E-state index in [1.54, 1.807) is 11.3 Å². The van der Waals surface area contributed by atoms with Crippen LogP contribution in [0.25, 0.3) is 11.3 Å². The van der Waals surface area contributed by atoms with Gasteiger partial charge >= 0.3 is 0 Å². The lowest BCUT2D eigenvalue weighted by Gasteiger charge is -2.12. The number of nitrogens with zero attached hydrogens (tertiary/aromatic N) is 1. The first kappa shape index (κ1) is 18.6. The van der Waals surface area contributed by atoms with Crippen molar-refractivity contribution >= 4 is 23.2 Å². The third kappa shape index (κ3) is 5.39. The van der Waals surface area contributed by atoms with Gasteiger partial charge in [-0.1, -0.05) is 37.1 Å². The van der Waals surface area contributed by atoms with Gasteiger partial charge < -0.3 is 10.6 Å². The van der Waals surface area contributed by atoms with Crippen LogP contribution >= 0.6 is 11.3 Å². The van der Waals surface area contributed by atoms with E-state index in [1.165, 1.54) is 12.8 Å². The molecule has 0 bridgehead atoms. The van der Waals surface area contributed by atoms with Gasteiger partial charge in [-0.15, -0.1) is 11.3 Å². The third-order valence-corrected chi connectivity index (χ3v) is 5.40. The van der Waals surface area contributed by atoms with E-state index in [-0.39, 0.29) is 11.8 Å². The van der Waals surface area contributed by atoms with Crippen LogP contribution < -0.4 is 10.6 Å². The van der Waals surface area contributed by atoms with Crippen LogP contribution in [0.4, 0.5) is 0 Å². The molecular weight excluding hydrogens is 346 g/mol. The molecule has 0 atom stereocenters. The van der Waals surface area contributed by atoms with Crippen molar-refractivity contribution in [1.82, 2.24) is 15.6 Å². The molecule has 138 valence electrons. The van der Waals surface area contributed by atoms with Gasteiger partial charge in [0.05, 0.1) is 17.1 Å². The second-order valence-electron chi connectivity index (χ2n) is 6.77. The zero-order valence-electron chi connectivity index (χ0n) is 15.1. The first-order valence-corrected chi connectivity index (χ1v) is 10.1. The average molecular weight is 372 g/mol. The summed E-state index contributed by atoms with van der Waals surface area (Å²) in [4.78, 5) is 28.4. The molecule has 1 saturated carbocycles. The number of carbonyl (C=O) groups is 2. The van der Waals surface area contributed by atoms with Gasteiger partial charge in [0.2, 0.25) is 11.8 Å². The quantitative estimate of drug-likeness (QED) is 0.785. The molecule has 3 rings (SSSR count). The average Bonchev–Trinajstić information content (AvgIpc) is 3.27. The molecule has 0 radical (unpaired) electrons. The number of benzene rings is 1. The summed E-state index contributed by atoms with van der Waals surface area (Å²) in [6, 6.07) is 8.23. The molecule has 1 aliphatic carbocycles. The molecule has 1 fully saturated rings. The Morgan fingerprint density at radius 3 is 2.54 bits per heavy atom. The molecule has 26 heavy (non-hydrogen) atoms. The molecule has 0 saturated heterocycles. The topological polar surface area (TPSA) is 71.1 Å². The standard InChI is InChI=1S/C20H25N3O2S/c1-14-22-18(13-26-14)16-8-6-15(7-9-16)12-20(25)21-11-10-19(24)23-17-4-2-3-5-17/h6-9,13,17H,2-5,10-12H2,1H3,(H,21,25)(H,23,24). The molecule has 0 spiro atoms. The van der Waals surface area contributed by atoms with Crippen molar-refractivity contribution in [2.75, 3.05) is 6.54 Å². The minimum Gasteiger partial charge on any atom is -0.355 e. The van der Waals surface area contributed by atoms with Gasteiger partial charge in [-0.25, -0.2) is 4.98 Å². The summed E-state index contributed by atoms with van der Waals surface area (Å²) in [6.07, 6.45) is 5.21. The Kier molecular flexibility index (Phi) is 6.39. The van der Waals surface area contributed by atoms with E-state index in [0.717, 1.165) is 34.7 Å². The Morgan fingerprint density at radius 2 is 1.88 bits per heavy atom. The summed E-state index contributed by atoms with van der Waals surface area (Å²) >= 11 is 1.63. The number of aryl methyl sites for hydroxylation is 1. The van der Waals surface area contributed by atoms with Gasteiger partial charge in [-0.2, -0.15) is 0 Å². The smallest absolute Gasteiger partial charge is 0.224 e. The zero-order valence-corrected chi connectivity index (χ0v) is 15.9. The van der Waals surface area contributed by atoms with Crippen molar-refractivity contribution in [1.29, 1.82) is 0 Å². The van der Waals surface area contributed by atoms with Crippen LogP contribution in [-0.4, -0.2) is 29.4 Å². The van der Waals surface area contributed by atoms with Gasteiger partial charge in [0.1, 0.15) is 0 Å². The third-order valence-electron chi connectivity index (χ3n) is 4.63. The molecular formula is C20H25N3O2S. The maximum absolute atomic E-state index is 12.0. The van der Waals surface area contributed by atoms with E-state index in [9.17, 15) is 9.59 Å². The van der Waals surface area contributed by atoms with Crippen molar-refractivity contribution in [3.8, 4) is 11.3 Å². The van der Waals surface area contributed by atoms with Crippen molar-refractivity contribution < 1.29 is 9.59 Å². The van der Waals surface area contributed by atoms with Crippen molar-refractivity contribution in [3.63, 3.8) is 0 Å². The molecule has 6 heteroatoms. The number of carbonyl (C=O) groups excluding carboxylic acids is 2. The van der Waals surface area contributed by atoms with Gasteiger partial charge in [0.25, 0.3) is 0 Å². The highest BCUT2D eigenvalue weighted by Crippen LogP contribution is 2.22. The largest absolute Gasteiger partial charge is 0.355 e. The summed E-state index contributed by atoms with van der Waals surface area (Å²) in [5.41, 5.74) is 2.98. The molecule has 1 aliphatic rings. The lowest BCUT2D eigenvalue weighted by Crippen LogP contribution is -2.35. The number of hydrogen-bond acceptors (Lipinski definition) is 4. The SMILES string of the molecule is Cc1nc(-c2ccc(CC(=O)NCCC(=O)NC3CCCC3)cc2)cs1. The maximum atomic E-state index is 12.0. The highest BCUT2D eigenvalue weighted by Gasteiger charge is 2.16. The van der Waals surface area contributed by atoms with Crippen LogP contribution in [0.1, 0.15) is 42.7 Å². The van der Waals surface area contributed by atoms with Crippen LogP contribution in [0.3, 0.4) is 0 Å². The summed E-state index contributed by atoms with van der Waals surface area (Å²) in [5, 5.41) is 8.93. The lowest BCUT2D eigenvalue weighted by molar-refractivity contribution is -0.122. The number of amides is 2. The van der Waals surface area contributed by atoms with Gasteiger partial charge in [-0.05, 0) is 25.3 Å². The first-order valence-electron chi connectivity index (χ1n) is 9.17. The summed E-state index contributed by atoms with van der Waals surface area (Å²) in [6.45, 7) is 2.37. The van der Waals surface area contributed by atoms with E-state index < -0.39 is 0 Å². The molecule has 1 aromatic heterocycles. The highest BCUT2D eigenvalue weighted by molar-refractivity contribution is 7.09. The Hall–Kier alpha value is -2.21. The predicted molar refractivity (Wildman–Crippen MR) is 104 cm³/mol. The molecule has 0 aliphatic heterocycles. The van der Waals surface area contributed by atoms with E-state index in [2.05, 4.69) is 15.6 Å². The fourth-order valence-corrected chi connectivity index (χ4v) is 3.84. The number of nitrogens with one attached hydrogen (secondary N) is 2. The second-order valence-corrected chi connectivity index (χ2v) is 7.84. The van der Waals surface area contributed by atoms with E-state index in [4.69, 9.17) is 0 Å². The van der Waals surface area contributed by atoms with E-state index in [0.29, 0.717) is 25.4 Å². The Morgan fingerprint density at radius 1 is 1.15 bits per heavy atom. The first-order chi connectivity index (χ1) is 12.6. The molecule has 2 aromatic rings. The van der Waals surface area contributed by atoms with Crippen molar-refractivity contribution in [3.05, 3.63) is 40.2 Å². The number of thiazole rings is 1. The van der Waals surface area contributed by atoms with E-state index >= 15 is 0 Å². The van der Waals surface area contributed by atoms with Crippen LogP contribution in [0.2, 0.25) is 0 Å². The van der Waals surface area contributed by atoms with Gasteiger partial charge in [0.15, 0.2) is 0 Å². The normalized spacial score (nSPS) is 14.3. The summed E-state index contributed by atoms with van der Waals surface area (Å²) < 4.78 is 0. The molecule has 2 N–H and O–H groups in total. The fourth-order valence-electron chi connectivity index (χ4n) is 3.22. The van der Waals surface area contributed by atoms with Gasteiger partial charge in [0, 0.05) is 30.0 Å². The zero-order chi connectivity index (χ0) is 18.4. The summed E-state index contributed by atoms with van der Waals surface area (Å²) in [7, 11) is 0. The number of rotatable bonds is 7. The number of hydrogen-bond donors (Lipinski definition) is 2. The predicted octanol–water partition coefficient (Wildman–Crippen LogP) is 3.23. The monoisotopic (exact) mass is 371 g/mol. The minimum absolute atomic E-state index is 0.0279. The maximum Gasteiger partial charge on any atom is 0.224 e. The molecule has 2 amide bonds. The van der Waals surface area contributed by atoms with Crippen molar-refractivity contribution in [2.24, 2.45) is 0 Å². The molecule has 0 unspecified atom stereocenters.